The number of nitrogens with two attached hydrogens (primary N) is 1. The van der Waals surface area contributed by atoms with Crippen molar-refractivity contribution in [2.75, 3.05) is 13.1 Å². The number of aromatic nitrogens is 3. The number of pyridine rings is 3. The van der Waals surface area contributed by atoms with Crippen LogP contribution in [0.1, 0.15) is 88.2 Å². The van der Waals surface area contributed by atoms with Gasteiger partial charge in [0.2, 0.25) is 5.91 Å². The molecule has 3 aromatic heterocycles. The Balaban J connectivity index is 0.000000211. The number of carboxylic acid groups (broad SMARTS) is 1. The molecule has 2 unspecified atom stereocenters. The molecule has 10 nitrogen and oxygen atoms in total. The number of fused-ring (bicyclic) bond motifs is 2. The molecule has 0 saturated heterocycles. The predicted octanol–water partition coefficient (Wildman–Crippen LogP) is 3.59. The van der Waals surface area contributed by atoms with Gasteiger partial charge in [-0.25, -0.2) is 9.97 Å². The van der Waals surface area contributed by atoms with Gasteiger partial charge in [-0.05, 0) is 85.0 Å². The monoisotopic (exact) mass is 909 g/mol. The Labute approximate surface area is 350 Å². The summed E-state index contributed by atoms with van der Waals surface area (Å²) in [6.45, 7) is 1.68. The molecule has 0 spiro atoms. The lowest BCUT2D eigenvalue weighted by Crippen LogP contribution is -3.00. The molecule has 4 aliphatic rings. The van der Waals surface area contributed by atoms with Gasteiger partial charge < -0.3 is 40.1 Å². The molecule has 7 rings (SSSR count). The maximum absolute atomic E-state index is 12.2. The van der Waals surface area contributed by atoms with Crippen LogP contribution in [0.2, 0.25) is 5.15 Å². The molecule has 2 saturated carbocycles. The SMILES string of the molecule is C[n+]1ccccc1Cl.NCC1CCCCC1.O=C(CC1Sc2ncccc2CC1=O)NCC1CCCCC1.O=C(O)CC1Sc2ncccc2CC1=O.[I-]. The Kier molecular flexibility index (Phi) is 21.1. The van der Waals surface area contributed by atoms with Gasteiger partial charge in [-0.3, -0.25) is 19.2 Å². The van der Waals surface area contributed by atoms with Crippen LogP contribution < -0.4 is 39.6 Å². The van der Waals surface area contributed by atoms with Crippen molar-refractivity contribution in [2.24, 2.45) is 24.6 Å². The summed E-state index contributed by atoms with van der Waals surface area (Å²) >= 11 is 8.36. The standard InChI is InChI=1S/C17H22N2O2S.C10H9NO3S.C7H15N.C6H7ClN.HI/c20-14-9-13-7-4-8-18-17(13)22-15(14)10-16(21)19-11-12-5-2-1-3-6-12;12-7-4-6-2-1-3-11-10(6)15-8(7)5-9(13)14;8-6-7-4-2-1-3-5-7;1-8-5-3-2-4-6(8)7;/h4,7-8,12,15H,1-3,5-6,9-11H2,(H,19,21);1-3,8H,4-5H2,(H,13,14);7H,1-6,8H2;2-5H,1H3;1H/q;;;+1;/p-1. The smallest absolute Gasteiger partial charge is 0.304 e. The zero-order valence-electron chi connectivity index (χ0n) is 31.0. The first-order chi connectivity index (χ1) is 25.6. The number of carbonyl (C=O) groups excluding carboxylic acids is 3. The number of aliphatic carboxylic acids is 1. The Bertz CT molecular complexity index is 1640. The van der Waals surface area contributed by atoms with Gasteiger partial charge >= 0.3 is 5.97 Å². The van der Waals surface area contributed by atoms with Gasteiger partial charge in [0.15, 0.2) is 17.8 Å². The van der Waals surface area contributed by atoms with E-state index in [4.69, 9.17) is 22.4 Å². The van der Waals surface area contributed by atoms with Gasteiger partial charge in [-0.15, -0.1) is 0 Å². The first-order valence-corrected chi connectivity index (χ1v) is 20.8. The van der Waals surface area contributed by atoms with Crippen molar-refractivity contribution in [3.05, 3.63) is 77.3 Å². The molecular formula is C40H53ClIN5O5S2. The van der Waals surface area contributed by atoms with E-state index in [2.05, 4.69) is 15.3 Å². The number of thioether (sulfide) groups is 2. The third-order valence-corrected chi connectivity index (χ3v) is 12.8. The summed E-state index contributed by atoms with van der Waals surface area (Å²) in [5.74, 6) is 0.649. The number of hydrogen-bond acceptors (Lipinski definition) is 9. The number of carboxylic acids is 1. The number of aryl methyl sites for hydroxylation is 1. The summed E-state index contributed by atoms with van der Waals surface area (Å²) in [7, 11) is 1.91. The number of Topliss-reactive ketones (excluding diaryl/α,β-unsaturated/α-hetero) is 2. The number of halogens is 2. The van der Waals surface area contributed by atoms with Crippen molar-refractivity contribution < 1.29 is 52.8 Å². The van der Waals surface area contributed by atoms with E-state index >= 15 is 0 Å². The highest BCUT2D eigenvalue weighted by Gasteiger charge is 2.31. The fourth-order valence-electron chi connectivity index (χ4n) is 6.62. The molecule has 0 bridgehead atoms. The fraction of sp³-hybridized carbons (Fsp3) is 0.525. The zero-order valence-corrected chi connectivity index (χ0v) is 35.5. The van der Waals surface area contributed by atoms with Gasteiger partial charge in [0, 0.05) is 50.3 Å². The average molecular weight is 910 g/mol. The van der Waals surface area contributed by atoms with Crippen LogP contribution in [0.4, 0.5) is 0 Å². The first kappa shape index (κ1) is 45.8. The molecule has 4 N–H and O–H groups in total. The minimum absolute atomic E-state index is 0. The Morgan fingerprint density at radius 2 is 1.33 bits per heavy atom. The number of rotatable bonds is 7. The van der Waals surface area contributed by atoms with E-state index in [-0.39, 0.29) is 59.5 Å². The van der Waals surface area contributed by atoms with Gasteiger partial charge in [-0.2, -0.15) is 4.57 Å². The van der Waals surface area contributed by atoms with E-state index in [9.17, 15) is 19.2 Å². The van der Waals surface area contributed by atoms with Crippen LogP contribution in [0.3, 0.4) is 0 Å². The maximum Gasteiger partial charge on any atom is 0.304 e. The summed E-state index contributed by atoms with van der Waals surface area (Å²) in [5, 5.41) is 13.3. The molecule has 2 aliphatic heterocycles. The zero-order chi connectivity index (χ0) is 38.0. The van der Waals surface area contributed by atoms with Crippen LogP contribution in [0, 0.1) is 11.8 Å². The summed E-state index contributed by atoms with van der Waals surface area (Å²) < 4.78 is 1.85. The highest BCUT2D eigenvalue weighted by molar-refractivity contribution is 8.01. The number of hydrogen-bond donors (Lipinski definition) is 3. The highest BCUT2D eigenvalue weighted by atomic mass is 127. The Morgan fingerprint density at radius 3 is 1.78 bits per heavy atom. The van der Waals surface area contributed by atoms with Gasteiger partial charge in [0.25, 0.3) is 5.15 Å². The summed E-state index contributed by atoms with van der Waals surface area (Å²) in [6, 6.07) is 13.1. The van der Waals surface area contributed by atoms with Gasteiger partial charge in [-0.1, -0.05) is 74.2 Å². The third-order valence-electron chi connectivity index (χ3n) is 9.75. The molecule has 0 aromatic carbocycles. The topological polar surface area (TPSA) is 156 Å². The summed E-state index contributed by atoms with van der Waals surface area (Å²) in [6.07, 6.45) is 19.5. The lowest BCUT2D eigenvalue weighted by Gasteiger charge is -2.23. The molecule has 0 radical (unpaired) electrons. The Morgan fingerprint density at radius 1 is 0.815 bits per heavy atom. The van der Waals surface area contributed by atoms with Gasteiger partial charge in [0.05, 0.1) is 16.9 Å². The van der Waals surface area contributed by atoms with Crippen LogP contribution in [0.15, 0.2) is 71.1 Å². The molecule has 3 aromatic rings. The summed E-state index contributed by atoms with van der Waals surface area (Å²) in [5.41, 5.74) is 7.38. The van der Waals surface area contributed by atoms with Crippen LogP contribution >= 0.6 is 35.1 Å². The molecule has 1 amide bonds. The molecule has 2 atom stereocenters. The number of amides is 1. The normalized spacial score (nSPS) is 19.4. The van der Waals surface area contributed by atoms with Crippen LogP contribution in [0.5, 0.6) is 0 Å². The molecule has 14 heteroatoms. The highest BCUT2D eigenvalue weighted by Crippen LogP contribution is 2.34. The van der Waals surface area contributed by atoms with Crippen LogP contribution in [0.25, 0.3) is 0 Å². The maximum atomic E-state index is 12.2. The molecule has 294 valence electrons. The van der Waals surface area contributed by atoms with E-state index in [0.29, 0.717) is 18.8 Å². The molecular weight excluding hydrogens is 857 g/mol. The molecule has 54 heavy (non-hydrogen) atoms. The van der Waals surface area contributed by atoms with Crippen molar-refractivity contribution >= 4 is 58.6 Å². The molecule has 2 fully saturated rings. The molecule has 2 aliphatic carbocycles. The first-order valence-electron chi connectivity index (χ1n) is 18.7. The minimum atomic E-state index is -0.944. The minimum Gasteiger partial charge on any atom is -1.00 e. The van der Waals surface area contributed by atoms with E-state index in [1.54, 1.807) is 18.5 Å². The van der Waals surface area contributed by atoms with Gasteiger partial charge in [0.1, 0.15) is 17.1 Å². The number of nitrogens with one attached hydrogen (secondary N) is 1. The lowest BCUT2D eigenvalue weighted by molar-refractivity contribution is -0.669. The van der Waals surface area contributed by atoms with E-state index < -0.39 is 11.2 Å². The number of ketones is 2. The van der Waals surface area contributed by atoms with Crippen molar-refractivity contribution in [3.63, 3.8) is 0 Å². The second-order valence-electron chi connectivity index (χ2n) is 13.9. The third kappa shape index (κ3) is 15.9. The fourth-order valence-corrected chi connectivity index (χ4v) is 9.00. The second kappa shape index (κ2) is 24.8. The average Bonchev–Trinajstić information content (AvgIpc) is 3.17. The molecule has 5 heterocycles. The second-order valence-corrected chi connectivity index (χ2v) is 16.7. The van der Waals surface area contributed by atoms with Crippen molar-refractivity contribution in [1.29, 1.82) is 0 Å². The number of carbonyl (C=O) groups is 4. The van der Waals surface area contributed by atoms with Crippen LogP contribution in [-0.2, 0) is 39.1 Å². The predicted molar refractivity (Wildman–Crippen MR) is 210 cm³/mol. The number of nitrogens with zero attached hydrogens (tertiary/aromatic N) is 3. The Hall–Kier alpha value is -2.59. The lowest BCUT2D eigenvalue weighted by atomic mass is 9.89. The summed E-state index contributed by atoms with van der Waals surface area (Å²) in [4.78, 5) is 54.8. The van der Waals surface area contributed by atoms with Crippen LogP contribution in [-0.4, -0.2) is 62.1 Å². The van der Waals surface area contributed by atoms with Crippen molar-refractivity contribution in [2.45, 2.75) is 110 Å². The van der Waals surface area contributed by atoms with E-state index in [1.807, 2.05) is 54.2 Å². The van der Waals surface area contributed by atoms with Crippen molar-refractivity contribution in [1.82, 2.24) is 15.3 Å². The largest absolute Gasteiger partial charge is 1.00 e. The quantitative estimate of drug-likeness (QED) is 0.182. The van der Waals surface area contributed by atoms with E-state index in [1.165, 1.54) is 87.7 Å². The van der Waals surface area contributed by atoms with Crippen molar-refractivity contribution in [3.8, 4) is 0 Å². The van der Waals surface area contributed by atoms with E-state index in [0.717, 1.165) is 45.3 Å².